The van der Waals surface area contributed by atoms with Gasteiger partial charge in [-0.2, -0.15) is 0 Å². The molecule has 13 heteroatoms. The fourth-order valence-corrected chi connectivity index (χ4v) is 0. The summed E-state index contributed by atoms with van der Waals surface area (Å²) < 4.78 is 0. The third-order valence-electron chi connectivity index (χ3n) is 0. The molecule has 0 fully saturated rings. The van der Waals surface area contributed by atoms with E-state index in [1.165, 1.54) is 0 Å². The Morgan fingerprint density at radius 2 is 0.231 bits per heavy atom. The summed E-state index contributed by atoms with van der Waals surface area (Å²) in [5.41, 5.74) is 0. The summed E-state index contributed by atoms with van der Waals surface area (Å²) in [6, 6.07) is 0. The smallest absolute Gasteiger partial charge is 3.00 e. The van der Waals surface area contributed by atoms with E-state index >= 15 is 0 Å². The molecule has 0 saturated carbocycles. The summed E-state index contributed by atoms with van der Waals surface area (Å²) in [5.74, 6) is 0. The van der Waals surface area contributed by atoms with Gasteiger partial charge in [0.2, 0.25) is 0 Å². The average Bonchev–Trinajstić information content (AvgIpc) is 0. The van der Waals surface area contributed by atoms with Crippen molar-refractivity contribution in [2.24, 2.45) is 0 Å². The van der Waals surface area contributed by atoms with Crippen molar-refractivity contribution in [3.05, 3.63) is 24.6 Å². The molecule has 0 N–H and O–H groups in total. The molecule has 0 aliphatic heterocycles. The molecule has 0 aromatic carbocycles. The van der Waals surface area contributed by atoms with E-state index in [-0.39, 0.29) is 178 Å². The predicted molar refractivity (Wildman–Crippen MR) is 16.2 cm³/mol. The van der Waals surface area contributed by atoms with Gasteiger partial charge in [-0.25, -0.2) is 0 Å². The van der Waals surface area contributed by atoms with Gasteiger partial charge in [-0.15, -0.1) is 0 Å². The Morgan fingerprint density at radius 3 is 0.231 bits per heavy atom. The SMILES string of the molecule is [N-3].[N-3].[N-3].[N-3].[O-2].[O-2].[O-2].[O-2].[Zr+4].[Zr+4].[Zr+4].[Zr+4].[Zr+4]. The van der Waals surface area contributed by atoms with E-state index in [9.17, 15) is 0 Å². The van der Waals surface area contributed by atoms with Crippen LogP contribution in [0, 0.1) is 0 Å². The van der Waals surface area contributed by atoms with E-state index in [1.54, 1.807) is 0 Å². The largest absolute Gasteiger partial charge is 4.00 e. The second-order valence-electron chi connectivity index (χ2n) is 0. The summed E-state index contributed by atoms with van der Waals surface area (Å²) in [6.45, 7) is 0. The van der Waals surface area contributed by atoms with Crippen LogP contribution >= 0.6 is 0 Å². The van der Waals surface area contributed by atoms with E-state index in [4.69, 9.17) is 0 Å². The van der Waals surface area contributed by atoms with E-state index < -0.39 is 0 Å². The standard InChI is InChI=1S/4N.4O.5Zr/q4*-3;4*-2;5*+4. The van der Waals surface area contributed by atoms with Crippen LogP contribution in [-0.4, -0.2) is 0 Å². The second-order valence-corrected chi connectivity index (χ2v) is 0. The maximum absolute atomic E-state index is 0. The molecule has 0 saturated heterocycles. The minimum atomic E-state index is 0. The molecule has 0 aromatic rings. The van der Waals surface area contributed by atoms with Gasteiger partial charge in [0.25, 0.3) is 0 Å². The number of rotatable bonds is 0. The first-order valence-electron chi connectivity index (χ1n) is 0. The van der Waals surface area contributed by atoms with Gasteiger partial charge in [-0.1, -0.05) is 0 Å². The molecule has 8 nitrogen and oxygen atoms in total. The third-order valence-corrected chi connectivity index (χ3v) is 0. The first kappa shape index (κ1) is 264. The van der Waals surface area contributed by atoms with Gasteiger partial charge in [0.1, 0.15) is 0 Å². The van der Waals surface area contributed by atoms with Crippen LogP contribution in [0.1, 0.15) is 0 Å². The molecule has 0 radical (unpaired) electrons. The maximum atomic E-state index is 0. The first-order chi connectivity index (χ1) is 0. The van der Waals surface area contributed by atoms with Crippen molar-refractivity contribution in [1.29, 1.82) is 0 Å². The number of nitrogens with zero attached hydrogens (tertiary/aromatic N) is 4. The van der Waals surface area contributed by atoms with Crippen LogP contribution in [0.4, 0.5) is 0 Å². The van der Waals surface area contributed by atoms with E-state index in [1.807, 2.05) is 0 Å². The maximum Gasteiger partial charge on any atom is 4.00 e. The molecule has 0 rings (SSSR count). The van der Waals surface area contributed by atoms with Crippen LogP contribution in [0.2, 0.25) is 0 Å². The molecule has 0 unspecified atom stereocenters. The molecular formula is N4O4Zr5. The van der Waals surface area contributed by atoms with Gasteiger partial charge in [0, 0.05) is 0 Å². The molecule has 0 atom stereocenters. The molecule has 0 amide bonds. The van der Waals surface area contributed by atoms with Crippen LogP contribution in [0.25, 0.3) is 24.6 Å². The van der Waals surface area contributed by atoms with Crippen molar-refractivity contribution in [2.75, 3.05) is 0 Å². The molecule has 0 heterocycles. The molecule has 0 aromatic heterocycles. The fourth-order valence-electron chi connectivity index (χ4n) is 0. The summed E-state index contributed by atoms with van der Waals surface area (Å²) >= 11 is 0. The molecule has 13 heavy (non-hydrogen) atoms. The zero-order valence-electron chi connectivity index (χ0n) is 5.92. The predicted octanol–water partition coefficient (Wildman–Crippen LogP) is 0.667. The van der Waals surface area contributed by atoms with Crippen molar-refractivity contribution >= 4 is 0 Å². The van der Waals surface area contributed by atoms with Gasteiger partial charge in [-0.05, 0) is 0 Å². The number of hydrogen-bond donors (Lipinski definition) is 0. The van der Waals surface area contributed by atoms with Crippen molar-refractivity contribution < 1.29 is 153 Å². The van der Waals surface area contributed by atoms with E-state index in [0.29, 0.717) is 0 Å². The first-order valence-corrected chi connectivity index (χ1v) is 0. The van der Waals surface area contributed by atoms with Crippen molar-refractivity contribution in [3.63, 3.8) is 0 Å². The zero-order chi connectivity index (χ0) is 0. The van der Waals surface area contributed by atoms with Gasteiger partial charge in [-0.3, -0.25) is 0 Å². The number of hydrogen-bond acceptors (Lipinski definition) is 0. The monoisotopic (exact) mass is 570 g/mol. The zero-order valence-corrected chi connectivity index (χ0v) is 18.2. The van der Waals surface area contributed by atoms with E-state index in [0.717, 1.165) is 0 Å². The van der Waals surface area contributed by atoms with Crippen LogP contribution < -0.4 is 0 Å². The Morgan fingerprint density at radius 1 is 0.231 bits per heavy atom. The van der Waals surface area contributed by atoms with Gasteiger partial charge in [0.15, 0.2) is 0 Å². The molecule has 0 bridgehead atoms. The molecule has 0 spiro atoms. The Hall–Kier alpha value is 4.10. The summed E-state index contributed by atoms with van der Waals surface area (Å²) in [5, 5.41) is 0. The van der Waals surface area contributed by atoms with Gasteiger partial charge < -0.3 is 46.5 Å². The minimum Gasteiger partial charge on any atom is -3.00 e. The van der Waals surface area contributed by atoms with E-state index in [2.05, 4.69) is 0 Å². The van der Waals surface area contributed by atoms with Gasteiger partial charge >= 0.3 is 131 Å². The van der Waals surface area contributed by atoms with Crippen molar-refractivity contribution in [3.8, 4) is 0 Å². The van der Waals surface area contributed by atoms with Crippen LogP contribution in [0.15, 0.2) is 0 Å². The summed E-state index contributed by atoms with van der Waals surface area (Å²) in [7, 11) is 0. The van der Waals surface area contributed by atoms with Crippen LogP contribution in [0.5, 0.6) is 0 Å². The topological polar surface area (TPSA) is 236 Å². The Labute approximate surface area is 174 Å². The second kappa shape index (κ2) is 219. The quantitative estimate of drug-likeness (QED) is 0.387. The third kappa shape index (κ3) is 191. The summed E-state index contributed by atoms with van der Waals surface area (Å²) in [6.07, 6.45) is 0. The normalized spacial score (nSPS) is 0. The molecular weight excluding hydrogens is 576 g/mol. The van der Waals surface area contributed by atoms with Crippen molar-refractivity contribution in [1.82, 2.24) is 0 Å². The minimum absolute atomic E-state index is 0. The van der Waals surface area contributed by atoms with Crippen LogP contribution in [0.3, 0.4) is 0 Å². The molecule has 0 aliphatic carbocycles. The molecule has 64 valence electrons. The van der Waals surface area contributed by atoms with Crippen LogP contribution in [-0.2, 0) is 153 Å². The Kier molecular flexibility index (Phi) is 4440. The van der Waals surface area contributed by atoms with Crippen molar-refractivity contribution in [2.45, 2.75) is 0 Å². The average molecular weight is 576 g/mol. The Bertz CT molecular complexity index is 20.5. The fraction of sp³-hybridized carbons (Fsp3) is 0. The summed E-state index contributed by atoms with van der Waals surface area (Å²) in [4.78, 5) is 0. The van der Waals surface area contributed by atoms with Gasteiger partial charge in [0.05, 0.1) is 0 Å². The molecule has 0 aliphatic rings. The Balaban J connectivity index is 0.